The van der Waals surface area contributed by atoms with E-state index in [1.165, 1.54) is 55.1 Å². The summed E-state index contributed by atoms with van der Waals surface area (Å²) in [4.78, 5) is 30.3. The molecule has 4 rings (SSSR count). The predicted molar refractivity (Wildman–Crippen MR) is 169 cm³/mol. The van der Waals surface area contributed by atoms with Crippen molar-refractivity contribution in [2.24, 2.45) is 0 Å². The Balaban J connectivity index is 0.000000827. The zero-order valence-corrected chi connectivity index (χ0v) is 27.3. The van der Waals surface area contributed by atoms with Crippen LogP contribution in [0.5, 0.6) is 0 Å². The van der Waals surface area contributed by atoms with E-state index in [9.17, 15) is 27.2 Å². The zero-order valence-electron chi connectivity index (χ0n) is 28.3. The fourth-order valence-corrected chi connectivity index (χ4v) is 5.79. The molecule has 3 radical (unpaired) electrons. The molecule has 0 saturated carbocycles. The Morgan fingerprint density at radius 2 is 1.18 bits per heavy atom. The normalized spacial score (nSPS) is 14.1. The molecular formula is C35H49BF4LiN2O2. The first-order valence-corrected chi connectivity index (χ1v) is 16.2. The SMILES string of the molecule is CC(=O)CCC(F)(F)CCCCc1ccc2c(n1)CCCC2.O=CCCC(F)(F)CCCCc1ccc2c(n1)CCCC2.[B].[H-].[Li+]. The largest absolute Gasteiger partial charge is 1.00 e. The molecule has 2 heterocycles. The van der Waals surface area contributed by atoms with Crippen LogP contribution in [-0.2, 0) is 48.1 Å². The number of unbranched alkanes of at least 4 members (excludes halogenated alkanes) is 2. The Morgan fingerprint density at radius 1 is 0.733 bits per heavy atom. The van der Waals surface area contributed by atoms with Crippen LogP contribution in [0, 0.1) is 0 Å². The maximum atomic E-state index is 13.6. The number of rotatable bonds is 16. The Hall–Kier alpha value is -1.98. The molecule has 0 atom stereocenters. The van der Waals surface area contributed by atoms with Gasteiger partial charge in [-0.1, -0.05) is 12.1 Å². The molecule has 0 amide bonds. The number of carbonyl (C=O) groups excluding carboxylic acids is 2. The molecule has 0 aromatic carbocycles. The average Bonchev–Trinajstić information content (AvgIpc) is 3.00. The van der Waals surface area contributed by atoms with E-state index < -0.39 is 11.8 Å². The zero-order chi connectivity index (χ0) is 31.1. The van der Waals surface area contributed by atoms with Gasteiger partial charge in [-0.25, -0.2) is 17.6 Å². The molecule has 0 spiro atoms. The summed E-state index contributed by atoms with van der Waals surface area (Å²) in [6, 6.07) is 8.38. The number of aryl methyl sites for hydroxylation is 6. The van der Waals surface area contributed by atoms with Crippen molar-refractivity contribution in [3.63, 3.8) is 0 Å². The maximum Gasteiger partial charge on any atom is 1.00 e. The molecule has 0 bridgehead atoms. The summed E-state index contributed by atoms with van der Waals surface area (Å²) in [5.41, 5.74) is 7.15. The average molecular weight is 624 g/mol. The van der Waals surface area contributed by atoms with Gasteiger partial charge in [0.2, 0.25) is 11.8 Å². The Kier molecular flexibility index (Phi) is 19.2. The molecule has 2 aromatic heterocycles. The fraction of sp³-hybridized carbons (Fsp3) is 0.657. The van der Waals surface area contributed by atoms with Crippen LogP contribution in [0.4, 0.5) is 17.6 Å². The van der Waals surface area contributed by atoms with Crippen molar-refractivity contribution in [2.45, 2.75) is 147 Å². The molecule has 0 saturated heterocycles. The van der Waals surface area contributed by atoms with E-state index in [1.807, 2.05) is 12.1 Å². The molecule has 0 aliphatic heterocycles. The van der Waals surface area contributed by atoms with Gasteiger partial charge in [0, 0.05) is 69.7 Å². The number of alkyl halides is 4. The van der Waals surface area contributed by atoms with E-state index >= 15 is 0 Å². The summed E-state index contributed by atoms with van der Waals surface area (Å²) in [6.07, 6.45) is 12.7. The fourth-order valence-electron chi connectivity index (χ4n) is 5.79. The number of nitrogens with zero attached hydrogens (tertiary/aromatic N) is 2. The number of pyridine rings is 2. The van der Waals surface area contributed by atoms with Crippen LogP contribution in [0.3, 0.4) is 0 Å². The minimum Gasteiger partial charge on any atom is -1.00 e. The summed E-state index contributed by atoms with van der Waals surface area (Å²) in [6.45, 7) is 1.36. The molecule has 0 fully saturated rings. The molecule has 4 nitrogen and oxygen atoms in total. The topological polar surface area (TPSA) is 59.9 Å². The van der Waals surface area contributed by atoms with Crippen LogP contribution in [-0.4, -0.2) is 42.3 Å². The molecule has 2 aliphatic carbocycles. The van der Waals surface area contributed by atoms with Gasteiger partial charge in [-0.15, -0.1) is 0 Å². The first-order chi connectivity index (χ1) is 20.6. The van der Waals surface area contributed by atoms with Crippen molar-refractivity contribution in [3.8, 4) is 0 Å². The second-order valence-corrected chi connectivity index (χ2v) is 12.3. The van der Waals surface area contributed by atoms with Gasteiger partial charge in [-0.3, -0.25) is 9.97 Å². The molecule has 0 N–H and O–H groups in total. The van der Waals surface area contributed by atoms with Gasteiger partial charge in [-0.05, 0) is 120 Å². The summed E-state index contributed by atoms with van der Waals surface area (Å²) in [5, 5.41) is 0. The van der Waals surface area contributed by atoms with Crippen LogP contribution in [0.15, 0.2) is 24.3 Å². The first-order valence-electron chi connectivity index (χ1n) is 16.2. The van der Waals surface area contributed by atoms with Crippen LogP contribution in [0.2, 0.25) is 0 Å². The van der Waals surface area contributed by atoms with E-state index in [2.05, 4.69) is 22.1 Å². The van der Waals surface area contributed by atoms with E-state index in [0.29, 0.717) is 19.1 Å². The summed E-state index contributed by atoms with van der Waals surface area (Å²) >= 11 is 0. The van der Waals surface area contributed by atoms with Crippen molar-refractivity contribution in [2.75, 3.05) is 0 Å². The number of Topliss-reactive ketones (excluding diaryl/α,β-unsaturated/α-hetero) is 1. The number of aromatic nitrogens is 2. The van der Waals surface area contributed by atoms with Crippen LogP contribution in [0.1, 0.15) is 132 Å². The number of hydrogen-bond acceptors (Lipinski definition) is 4. The smallest absolute Gasteiger partial charge is 1.00 e. The molecular weight excluding hydrogens is 574 g/mol. The summed E-state index contributed by atoms with van der Waals surface area (Å²) in [5.74, 6) is -5.59. The monoisotopic (exact) mass is 623 g/mol. The van der Waals surface area contributed by atoms with Gasteiger partial charge < -0.3 is 11.0 Å². The number of carbonyl (C=O) groups is 2. The van der Waals surface area contributed by atoms with E-state index in [0.717, 1.165) is 62.8 Å². The summed E-state index contributed by atoms with van der Waals surface area (Å²) < 4.78 is 53.9. The molecule has 243 valence electrons. The van der Waals surface area contributed by atoms with Crippen LogP contribution < -0.4 is 18.9 Å². The van der Waals surface area contributed by atoms with Gasteiger partial charge in [0.25, 0.3) is 0 Å². The number of hydrogen-bond donors (Lipinski definition) is 0. The van der Waals surface area contributed by atoms with Gasteiger partial charge in [-0.2, -0.15) is 0 Å². The third kappa shape index (κ3) is 15.9. The quantitative estimate of drug-likeness (QED) is 0.104. The van der Waals surface area contributed by atoms with Gasteiger partial charge >= 0.3 is 18.9 Å². The van der Waals surface area contributed by atoms with Crippen molar-refractivity contribution >= 4 is 20.5 Å². The van der Waals surface area contributed by atoms with E-state index in [-0.39, 0.29) is 73.0 Å². The molecule has 2 aromatic rings. The van der Waals surface area contributed by atoms with Crippen molar-refractivity contribution in [3.05, 3.63) is 58.2 Å². The van der Waals surface area contributed by atoms with Gasteiger partial charge in [0.05, 0.1) is 0 Å². The number of fused-ring (bicyclic) bond motifs is 2. The maximum absolute atomic E-state index is 13.6. The second-order valence-electron chi connectivity index (χ2n) is 12.3. The number of aldehydes is 1. The Labute approximate surface area is 282 Å². The van der Waals surface area contributed by atoms with Crippen LogP contribution in [0.25, 0.3) is 0 Å². The molecule has 45 heavy (non-hydrogen) atoms. The standard InChI is InChI=1S/C18H25F2NO.C17H23F2NO.B.Li.H/c1-14(22)11-13-18(19,20)12-5-4-7-16-10-9-15-6-2-3-8-17(15)21-16;18-17(19,12-5-13-21)11-4-3-7-15-10-9-14-6-1-2-8-16(14)20-15;;;/h9-10H,2-8,11-13H2,1H3;9-10,13H,1-8,11-12H2;;;/q;;;+1;-1. The minimum atomic E-state index is -2.71. The summed E-state index contributed by atoms with van der Waals surface area (Å²) in [7, 11) is 0. The Bertz CT molecular complexity index is 1190. The van der Waals surface area contributed by atoms with Crippen LogP contribution >= 0.6 is 0 Å². The van der Waals surface area contributed by atoms with Crippen molar-refractivity contribution in [1.29, 1.82) is 0 Å². The third-order valence-electron chi connectivity index (χ3n) is 8.39. The predicted octanol–water partition coefficient (Wildman–Crippen LogP) is 5.70. The number of ketones is 1. The molecule has 10 heteroatoms. The van der Waals surface area contributed by atoms with E-state index in [4.69, 9.17) is 0 Å². The first kappa shape index (κ1) is 41.0. The van der Waals surface area contributed by atoms with E-state index in [1.54, 1.807) is 0 Å². The van der Waals surface area contributed by atoms with Crippen molar-refractivity contribution < 1.29 is 47.4 Å². The minimum absolute atomic E-state index is 0. The molecule has 0 unspecified atom stereocenters. The number of halogens is 4. The van der Waals surface area contributed by atoms with Crippen molar-refractivity contribution in [1.82, 2.24) is 9.97 Å². The van der Waals surface area contributed by atoms with Gasteiger partial charge in [0.1, 0.15) is 12.1 Å². The molecule has 2 aliphatic rings. The Morgan fingerprint density at radius 3 is 1.62 bits per heavy atom. The third-order valence-corrected chi connectivity index (χ3v) is 8.39. The second kappa shape index (κ2) is 21.0. The van der Waals surface area contributed by atoms with Gasteiger partial charge in [0.15, 0.2) is 0 Å².